The van der Waals surface area contributed by atoms with Gasteiger partial charge >= 0.3 is 12.0 Å². The summed E-state index contributed by atoms with van der Waals surface area (Å²) < 4.78 is 11.5. The van der Waals surface area contributed by atoms with Gasteiger partial charge in [-0.2, -0.15) is 9.97 Å². The summed E-state index contributed by atoms with van der Waals surface area (Å²) in [5, 5.41) is 12.7. The minimum Gasteiger partial charge on any atom is -0.479 e. The summed E-state index contributed by atoms with van der Waals surface area (Å²) in [6.07, 6.45) is 6.86. The molecule has 0 unspecified atom stereocenters. The van der Waals surface area contributed by atoms with Gasteiger partial charge < -0.3 is 24.8 Å². The van der Waals surface area contributed by atoms with Gasteiger partial charge in [0.2, 0.25) is 17.7 Å². The highest BCUT2D eigenvalue weighted by molar-refractivity contribution is 5.94. The molecule has 0 saturated heterocycles. The molecule has 10 nitrogen and oxygen atoms in total. The topological polar surface area (TPSA) is 131 Å². The van der Waals surface area contributed by atoms with Gasteiger partial charge in [0, 0.05) is 31.1 Å². The molecule has 206 valence electrons. The molecule has 1 aromatic carbocycles. The number of carbonyl (C=O) groups is 3. The van der Waals surface area contributed by atoms with Gasteiger partial charge in [0.25, 0.3) is 0 Å². The highest BCUT2D eigenvalue weighted by atomic mass is 16.5. The van der Waals surface area contributed by atoms with Crippen LogP contribution in [0.25, 0.3) is 11.3 Å². The van der Waals surface area contributed by atoms with Crippen LogP contribution in [0.3, 0.4) is 0 Å². The van der Waals surface area contributed by atoms with Crippen molar-refractivity contribution in [2.75, 3.05) is 20.7 Å². The number of methoxy groups -OCH3 is 1. The van der Waals surface area contributed by atoms with Crippen LogP contribution in [0.1, 0.15) is 38.5 Å². The third-order valence-electron chi connectivity index (χ3n) is 8.00. The average Bonchev–Trinajstić information content (AvgIpc) is 3.48. The van der Waals surface area contributed by atoms with Crippen molar-refractivity contribution in [2.45, 2.75) is 50.2 Å². The van der Waals surface area contributed by atoms with E-state index in [-0.39, 0.29) is 30.1 Å². The SMILES string of the molecule is COc1nc(O[C@@H]2C[C@H]3C(=O)N[C@]4(C(=O)O)C[C@H]4/C=C\CCCCN(C)C(=O)[C@@H]3C2)cc(-c2ccccc2)n1. The Morgan fingerprint density at radius 2 is 1.90 bits per heavy atom. The van der Waals surface area contributed by atoms with Crippen LogP contribution in [0, 0.1) is 17.8 Å². The zero-order valence-corrected chi connectivity index (χ0v) is 22.2. The highest BCUT2D eigenvalue weighted by Crippen LogP contribution is 2.46. The fraction of sp³-hybridized carbons (Fsp3) is 0.483. The summed E-state index contributed by atoms with van der Waals surface area (Å²) >= 11 is 0. The lowest BCUT2D eigenvalue weighted by Crippen LogP contribution is -2.49. The molecule has 2 fully saturated rings. The number of carboxylic acids is 1. The molecule has 39 heavy (non-hydrogen) atoms. The van der Waals surface area contributed by atoms with Gasteiger partial charge in [-0.3, -0.25) is 9.59 Å². The predicted octanol–water partition coefficient (Wildman–Crippen LogP) is 3.08. The van der Waals surface area contributed by atoms with Crippen LogP contribution in [0.5, 0.6) is 11.9 Å². The maximum absolute atomic E-state index is 13.5. The van der Waals surface area contributed by atoms with E-state index in [1.807, 2.05) is 42.5 Å². The molecule has 2 saturated carbocycles. The van der Waals surface area contributed by atoms with E-state index in [9.17, 15) is 19.5 Å². The number of ether oxygens (including phenoxy) is 2. The first-order valence-corrected chi connectivity index (χ1v) is 13.4. The number of amides is 2. The van der Waals surface area contributed by atoms with Gasteiger partial charge in [0.15, 0.2) is 0 Å². The van der Waals surface area contributed by atoms with Crippen LogP contribution in [-0.4, -0.2) is 70.1 Å². The lowest BCUT2D eigenvalue weighted by atomic mass is 9.93. The molecule has 1 aliphatic heterocycles. The molecular weight excluding hydrogens is 500 g/mol. The van der Waals surface area contributed by atoms with Gasteiger partial charge in [-0.1, -0.05) is 42.5 Å². The number of nitrogens with one attached hydrogen (secondary N) is 1. The smallest absolute Gasteiger partial charge is 0.330 e. The number of hydrogen-bond donors (Lipinski definition) is 2. The van der Waals surface area contributed by atoms with Crippen LogP contribution in [0.15, 0.2) is 48.6 Å². The Morgan fingerprint density at radius 1 is 1.13 bits per heavy atom. The molecule has 0 spiro atoms. The molecule has 1 aromatic heterocycles. The van der Waals surface area contributed by atoms with Crippen LogP contribution in [0.4, 0.5) is 0 Å². The Labute approximate surface area is 227 Å². The number of hydrogen-bond acceptors (Lipinski definition) is 7. The van der Waals surface area contributed by atoms with E-state index in [1.165, 1.54) is 7.11 Å². The van der Waals surface area contributed by atoms with Crippen molar-refractivity contribution in [2.24, 2.45) is 17.8 Å². The first-order valence-electron chi connectivity index (χ1n) is 13.4. The molecule has 5 atom stereocenters. The highest BCUT2D eigenvalue weighted by Gasteiger charge is 2.61. The molecule has 0 bridgehead atoms. The van der Waals surface area contributed by atoms with Gasteiger partial charge in [-0.15, -0.1) is 0 Å². The first kappa shape index (κ1) is 26.6. The number of rotatable bonds is 5. The fourth-order valence-corrected chi connectivity index (χ4v) is 5.67. The number of aromatic nitrogens is 2. The Balaban J connectivity index is 1.40. The maximum atomic E-state index is 13.5. The van der Waals surface area contributed by atoms with Crippen LogP contribution in [-0.2, 0) is 14.4 Å². The fourth-order valence-electron chi connectivity index (χ4n) is 5.67. The van der Waals surface area contributed by atoms with E-state index in [1.54, 1.807) is 18.0 Å². The van der Waals surface area contributed by atoms with E-state index in [2.05, 4.69) is 15.3 Å². The van der Waals surface area contributed by atoms with Crippen molar-refractivity contribution in [3.05, 3.63) is 48.6 Å². The zero-order valence-electron chi connectivity index (χ0n) is 22.2. The van der Waals surface area contributed by atoms with Gasteiger partial charge in [0.1, 0.15) is 11.6 Å². The van der Waals surface area contributed by atoms with Gasteiger partial charge in [-0.05, 0) is 38.5 Å². The van der Waals surface area contributed by atoms with E-state index < -0.39 is 35.4 Å². The number of carbonyl (C=O) groups excluding carboxylic acids is 2. The minimum absolute atomic E-state index is 0.129. The standard InChI is InChI=1S/C29H34N4O6/c1-33-13-9-4-3-8-12-19-17-29(19,27(36)37)32-25(34)21-14-20(15-22(21)26(33)35)39-24-16-23(30-28(31-24)38-2)18-10-6-5-7-11-18/h5-8,10-12,16,19-22H,3-4,9,13-15,17H2,1-2H3,(H,32,34)(H,36,37)/b12-8-/t19-,20-,21-,22-,29-/m1/s1. The second-order valence-electron chi connectivity index (χ2n) is 10.6. The molecule has 2 heterocycles. The number of nitrogens with zero attached hydrogens (tertiary/aromatic N) is 3. The molecule has 5 rings (SSSR count). The number of allylic oxidation sites excluding steroid dienone is 1. The minimum atomic E-state index is -1.32. The van der Waals surface area contributed by atoms with Gasteiger partial charge in [-0.25, -0.2) is 4.79 Å². The lowest BCUT2D eigenvalue weighted by Gasteiger charge is -2.26. The second kappa shape index (κ2) is 11.0. The van der Waals surface area contributed by atoms with Crippen LogP contribution >= 0.6 is 0 Å². The van der Waals surface area contributed by atoms with E-state index in [0.717, 1.165) is 24.8 Å². The molecule has 3 aliphatic rings. The summed E-state index contributed by atoms with van der Waals surface area (Å²) in [4.78, 5) is 49.6. The molecule has 2 N–H and O–H groups in total. The molecule has 2 amide bonds. The number of carboxylic acid groups (broad SMARTS) is 1. The van der Waals surface area contributed by atoms with Crippen molar-refractivity contribution in [1.82, 2.24) is 20.2 Å². The van der Waals surface area contributed by atoms with Crippen molar-refractivity contribution in [3.8, 4) is 23.1 Å². The third kappa shape index (κ3) is 5.60. The molecular formula is C29H34N4O6. The van der Waals surface area contributed by atoms with Crippen LogP contribution in [0.2, 0.25) is 0 Å². The Bertz CT molecular complexity index is 1270. The Hall–Kier alpha value is -3.95. The number of fused-ring (bicyclic) bond motifs is 2. The second-order valence-corrected chi connectivity index (χ2v) is 10.6. The van der Waals surface area contributed by atoms with Crippen molar-refractivity contribution in [3.63, 3.8) is 0 Å². The molecule has 0 radical (unpaired) electrons. The zero-order chi connectivity index (χ0) is 27.6. The van der Waals surface area contributed by atoms with E-state index >= 15 is 0 Å². The predicted molar refractivity (Wildman–Crippen MR) is 142 cm³/mol. The maximum Gasteiger partial charge on any atom is 0.330 e. The van der Waals surface area contributed by atoms with Gasteiger partial charge in [0.05, 0.1) is 24.6 Å². The third-order valence-corrected chi connectivity index (χ3v) is 8.00. The summed E-state index contributed by atoms with van der Waals surface area (Å²) in [6.45, 7) is 0.592. The largest absolute Gasteiger partial charge is 0.479 e. The van der Waals surface area contributed by atoms with E-state index in [4.69, 9.17) is 9.47 Å². The molecule has 2 aliphatic carbocycles. The molecule has 10 heteroatoms. The monoisotopic (exact) mass is 534 g/mol. The number of benzene rings is 1. The Morgan fingerprint density at radius 3 is 2.64 bits per heavy atom. The van der Waals surface area contributed by atoms with Crippen LogP contribution < -0.4 is 14.8 Å². The summed E-state index contributed by atoms with van der Waals surface area (Å²) in [5.41, 5.74) is 0.172. The summed E-state index contributed by atoms with van der Waals surface area (Å²) in [5.74, 6) is -2.91. The quantitative estimate of drug-likeness (QED) is 0.560. The average molecular weight is 535 g/mol. The normalized spacial score (nSPS) is 29.8. The molecule has 2 aromatic rings. The van der Waals surface area contributed by atoms with Crippen molar-refractivity contribution < 1.29 is 29.0 Å². The summed E-state index contributed by atoms with van der Waals surface area (Å²) in [7, 11) is 3.23. The summed E-state index contributed by atoms with van der Waals surface area (Å²) in [6, 6.07) is 11.4. The van der Waals surface area contributed by atoms with E-state index in [0.29, 0.717) is 25.1 Å². The lowest BCUT2D eigenvalue weighted by molar-refractivity contribution is -0.145. The first-order chi connectivity index (χ1) is 18.8. The Kier molecular flexibility index (Phi) is 7.54. The van der Waals surface area contributed by atoms with Crippen molar-refractivity contribution in [1.29, 1.82) is 0 Å². The van der Waals surface area contributed by atoms with Crippen molar-refractivity contribution >= 4 is 17.8 Å². The number of aliphatic carboxylic acids is 1.